The topological polar surface area (TPSA) is 33.5 Å². The van der Waals surface area contributed by atoms with Gasteiger partial charge in [0.25, 0.3) is 5.91 Å². The number of carbonyl (C=O) groups is 1. The Morgan fingerprint density at radius 1 is 1.50 bits per heavy atom. The molecule has 1 heterocycles. The molecule has 1 aromatic rings. The maximum Gasteiger partial charge on any atom is 0.257 e. The third-order valence-electron chi connectivity index (χ3n) is 2.40. The van der Waals surface area contributed by atoms with Crippen molar-refractivity contribution < 1.29 is 9.21 Å². The molecular formula is C12H18BrNO2. The Labute approximate surface area is 105 Å². The second-order valence-electron chi connectivity index (χ2n) is 3.78. The highest BCUT2D eigenvalue weighted by Crippen LogP contribution is 2.10. The second-order valence-corrected chi connectivity index (χ2v) is 4.57. The molecule has 0 atom stereocenters. The van der Waals surface area contributed by atoms with Gasteiger partial charge in [0, 0.05) is 18.4 Å². The first-order chi connectivity index (χ1) is 7.69. The minimum Gasteiger partial charge on any atom is -0.469 e. The Morgan fingerprint density at radius 3 is 2.75 bits per heavy atom. The lowest BCUT2D eigenvalue weighted by Gasteiger charge is -2.20. The van der Waals surface area contributed by atoms with Crippen LogP contribution in [0.3, 0.4) is 0 Å². The van der Waals surface area contributed by atoms with E-state index in [0.29, 0.717) is 5.56 Å². The molecule has 0 unspecified atom stereocenters. The number of aryl methyl sites for hydroxylation is 1. The molecule has 0 saturated heterocycles. The van der Waals surface area contributed by atoms with E-state index in [2.05, 4.69) is 22.9 Å². The molecule has 0 saturated carbocycles. The fraction of sp³-hybridized carbons (Fsp3) is 0.583. The Kier molecular flexibility index (Phi) is 5.60. The molecule has 0 spiro atoms. The fourth-order valence-corrected chi connectivity index (χ4v) is 1.93. The fourth-order valence-electron chi connectivity index (χ4n) is 1.50. The van der Waals surface area contributed by atoms with Crippen LogP contribution in [0.2, 0.25) is 0 Å². The average molecular weight is 288 g/mol. The first kappa shape index (κ1) is 13.3. The summed E-state index contributed by atoms with van der Waals surface area (Å²) in [5.74, 6) is 0.836. The van der Waals surface area contributed by atoms with Gasteiger partial charge in [-0.25, -0.2) is 0 Å². The van der Waals surface area contributed by atoms with Crippen LogP contribution in [0.25, 0.3) is 0 Å². The SMILES string of the molecule is CCCCN(CCBr)C(=O)c1coc(C)c1. The maximum atomic E-state index is 12.1. The molecular weight excluding hydrogens is 270 g/mol. The van der Waals surface area contributed by atoms with E-state index in [1.165, 1.54) is 6.26 Å². The van der Waals surface area contributed by atoms with Crippen molar-refractivity contribution in [1.82, 2.24) is 4.90 Å². The molecule has 0 aromatic carbocycles. The Hall–Kier alpha value is -0.770. The van der Waals surface area contributed by atoms with E-state index in [1.807, 2.05) is 11.8 Å². The van der Waals surface area contributed by atoms with Gasteiger partial charge in [0.1, 0.15) is 12.0 Å². The summed E-state index contributed by atoms with van der Waals surface area (Å²) in [5.41, 5.74) is 0.648. The van der Waals surface area contributed by atoms with E-state index in [4.69, 9.17) is 4.42 Å². The van der Waals surface area contributed by atoms with Crippen LogP contribution in [-0.4, -0.2) is 29.2 Å². The minimum atomic E-state index is 0.0600. The molecule has 0 radical (unpaired) electrons. The van der Waals surface area contributed by atoms with E-state index in [-0.39, 0.29) is 5.91 Å². The zero-order valence-electron chi connectivity index (χ0n) is 9.83. The monoisotopic (exact) mass is 287 g/mol. The van der Waals surface area contributed by atoms with Gasteiger partial charge >= 0.3 is 0 Å². The first-order valence-corrected chi connectivity index (χ1v) is 6.71. The number of furan rings is 1. The summed E-state index contributed by atoms with van der Waals surface area (Å²) in [6, 6.07) is 1.79. The summed E-state index contributed by atoms with van der Waals surface area (Å²) in [7, 11) is 0. The van der Waals surface area contributed by atoms with E-state index in [1.54, 1.807) is 6.07 Å². The Balaban J connectivity index is 2.66. The predicted octanol–water partition coefficient (Wildman–Crippen LogP) is 3.23. The van der Waals surface area contributed by atoms with Crippen molar-refractivity contribution in [3.05, 3.63) is 23.7 Å². The van der Waals surface area contributed by atoms with Gasteiger partial charge in [0.15, 0.2) is 0 Å². The molecule has 0 aliphatic carbocycles. The number of nitrogens with zero attached hydrogens (tertiary/aromatic N) is 1. The van der Waals surface area contributed by atoms with Crippen LogP contribution in [0.15, 0.2) is 16.7 Å². The number of rotatable bonds is 6. The van der Waals surface area contributed by atoms with E-state index in [9.17, 15) is 4.79 Å². The highest BCUT2D eigenvalue weighted by atomic mass is 79.9. The van der Waals surface area contributed by atoms with Gasteiger partial charge < -0.3 is 9.32 Å². The van der Waals surface area contributed by atoms with Gasteiger partial charge in [0.05, 0.1) is 5.56 Å². The molecule has 0 bridgehead atoms. The molecule has 0 fully saturated rings. The van der Waals surface area contributed by atoms with Crippen molar-refractivity contribution >= 4 is 21.8 Å². The number of hydrogen-bond acceptors (Lipinski definition) is 2. The molecule has 1 amide bonds. The van der Waals surface area contributed by atoms with Gasteiger partial charge in [-0.1, -0.05) is 29.3 Å². The smallest absolute Gasteiger partial charge is 0.257 e. The molecule has 0 N–H and O–H groups in total. The van der Waals surface area contributed by atoms with Gasteiger partial charge in [-0.3, -0.25) is 4.79 Å². The van der Waals surface area contributed by atoms with Crippen LogP contribution >= 0.6 is 15.9 Å². The molecule has 0 aliphatic heterocycles. The number of amides is 1. The molecule has 1 rings (SSSR count). The Bertz CT molecular complexity index is 336. The van der Waals surface area contributed by atoms with Crippen molar-refractivity contribution in [2.45, 2.75) is 26.7 Å². The van der Waals surface area contributed by atoms with Crippen molar-refractivity contribution in [3.63, 3.8) is 0 Å². The van der Waals surface area contributed by atoms with Crippen LogP contribution in [0.5, 0.6) is 0 Å². The molecule has 1 aromatic heterocycles. The first-order valence-electron chi connectivity index (χ1n) is 5.59. The van der Waals surface area contributed by atoms with Crippen LogP contribution in [-0.2, 0) is 0 Å². The largest absolute Gasteiger partial charge is 0.469 e. The van der Waals surface area contributed by atoms with Crippen LogP contribution in [0.4, 0.5) is 0 Å². The van der Waals surface area contributed by atoms with Gasteiger partial charge in [-0.05, 0) is 19.4 Å². The summed E-state index contributed by atoms with van der Waals surface area (Å²) in [4.78, 5) is 14.0. The molecule has 90 valence electrons. The highest BCUT2D eigenvalue weighted by molar-refractivity contribution is 9.09. The van der Waals surface area contributed by atoms with Crippen LogP contribution in [0, 0.1) is 6.92 Å². The predicted molar refractivity (Wildman–Crippen MR) is 68.1 cm³/mol. The number of halogens is 1. The van der Waals surface area contributed by atoms with Crippen molar-refractivity contribution in [3.8, 4) is 0 Å². The lowest BCUT2D eigenvalue weighted by molar-refractivity contribution is 0.0763. The maximum absolute atomic E-state index is 12.1. The van der Waals surface area contributed by atoms with Crippen molar-refractivity contribution in [1.29, 1.82) is 0 Å². The molecule has 4 heteroatoms. The van der Waals surface area contributed by atoms with E-state index >= 15 is 0 Å². The summed E-state index contributed by atoms with van der Waals surface area (Å²) in [6.45, 7) is 5.52. The van der Waals surface area contributed by atoms with Crippen LogP contribution < -0.4 is 0 Å². The van der Waals surface area contributed by atoms with Gasteiger partial charge in [-0.2, -0.15) is 0 Å². The Morgan fingerprint density at radius 2 is 2.25 bits per heavy atom. The molecule has 16 heavy (non-hydrogen) atoms. The average Bonchev–Trinajstić information content (AvgIpc) is 2.70. The van der Waals surface area contributed by atoms with Crippen LogP contribution in [0.1, 0.15) is 35.9 Å². The van der Waals surface area contributed by atoms with Crippen molar-refractivity contribution in [2.24, 2.45) is 0 Å². The standard InChI is InChI=1S/C12H18BrNO2/c1-3-4-6-14(7-5-13)12(15)11-8-10(2)16-9-11/h8-9H,3-7H2,1-2H3. The number of carbonyl (C=O) groups excluding carboxylic acids is 1. The van der Waals surface area contributed by atoms with Crippen molar-refractivity contribution in [2.75, 3.05) is 18.4 Å². The van der Waals surface area contributed by atoms with E-state index < -0.39 is 0 Å². The van der Waals surface area contributed by atoms with Gasteiger partial charge in [-0.15, -0.1) is 0 Å². The summed E-state index contributed by atoms with van der Waals surface area (Å²) in [6.07, 6.45) is 3.66. The second kappa shape index (κ2) is 6.74. The third-order valence-corrected chi connectivity index (χ3v) is 2.76. The summed E-state index contributed by atoms with van der Waals surface area (Å²) in [5, 5.41) is 0.805. The normalized spacial score (nSPS) is 10.4. The number of hydrogen-bond donors (Lipinski definition) is 0. The third kappa shape index (κ3) is 3.67. The van der Waals surface area contributed by atoms with Gasteiger partial charge in [0.2, 0.25) is 0 Å². The number of unbranched alkanes of at least 4 members (excludes halogenated alkanes) is 1. The minimum absolute atomic E-state index is 0.0600. The summed E-state index contributed by atoms with van der Waals surface area (Å²) >= 11 is 3.37. The zero-order valence-corrected chi connectivity index (χ0v) is 11.4. The zero-order chi connectivity index (χ0) is 12.0. The summed E-state index contributed by atoms with van der Waals surface area (Å²) < 4.78 is 5.16. The molecule has 0 aliphatic rings. The highest BCUT2D eigenvalue weighted by Gasteiger charge is 2.16. The lowest BCUT2D eigenvalue weighted by Crippen LogP contribution is -2.33. The number of alkyl halides is 1. The molecule has 3 nitrogen and oxygen atoms in total. The van der Waals surface area contributed by atoms with E-state index in [0.717, 1.165) is 37.0 Å². The quantitative estimate of drug-likeness (QED) is 0.753. The lowest BCUT2D eigenvalue weighted by atomic mass is 10.2.